The molecule has 0 saturated carbocycles. The highest BCUT2D eigenvalue weighted by molar-refractivity contribution is 5.88. The van der Waals surface area contributed by atoms with Crippen molar-refractivity contribution in [2.24, 2.45) is 0 Å². The van der Waals surface area contributed by atoms with Crippen LogP contribution in [0.4, 0.5) is 0 Å². The molecule has 0 N–H and O–H groups in total. The van der Waals surface area contributed by atoms with Gasteiger partial charge in [-0.05, 0) is 50.1 Å². The summed E-state index contributed by atoms with van der Waals surface area (Å²) in [7, 11) is 0. The van der Waals surface area contributed by atoms with Crippen LogP contribution in [0, 0.1) is 0 Å². The first-order chi connectivity index (χ1) is 27.7. The first kappa shape index (κ1) is 34.4. The molecular formula is C54H38N2. The summed E-state index contributed by atoms with van der Waals surface area (Å²) >= 11 is 0. The molecule has 1 heterocycles. The summed E-state index contributed by atoms with van der Waals surface area (Å²) in [6.45, 7) is 3.91. The average Bonchev–Trinajstić information content (AvgIpc) is 3.30. The minimum absolute atomic E-state index is 0.831. The summed E-state index contributed by atoms with van der Waals surface area (Å²) < 4.78 is 0. The molecule has 56 heavy (non-hydrogen) atoms. The highest BCUT2D eigenvalue weighted by atomic mass is 14.9. The predicted molar refractivity (Wildman–Crippen MR) is 236 cm³/mol. The summed E-state index contributed by atoms with van der Waals surface area (Å²) in [6, 6.07) is 74.7. The molecule has 0 saturated heterocycles. The van der Waals surface area contributed by atoms with E-state index in [1.54, 1.807) is 0 Å². The molecule has 2 nitrogen and oxygen atoms in total. The largest absolute Gasteiger partial charge is 0.243 e. The Hall–Kier alpha value is -7.42. The third-order valence-corrected chi connectivity index (χ3v) is 10.3. The first-order valence-corrected chi connectivity index (χ1v) is 18.9. The lowest BCUT2D eigenvalue weighted by atomic mass is 9.95. The maximum atomic E-state index is 5.58. The van der Waals surface area contributed by atoms with Crippen LogP contribution in [0.3, 0.4) is 0 Å². The lowest BCUT2D eigenvalue weighted by Gasteiger charge is -2.17. The van der Waals surface area contributed by atoms with Gasteiger partial charge >= 0.3 is 0 Å². The monoisotopic (exact) mass is 714 g/mol. The SMILES string of the molecule is C=Cc1ccc(-c2ccc(-c3nc(-c4ccc(-c5ccccc5)cc4)c(-c4ccc(-c5ccccc5)cc4)nc3-c3ccc(-c4ccccc4)cc3)cc2)cc1. The van der Waals surface area contributed by atoms with Crippen LogP contribution in [0.25, 0.3) is 95.6 Å². The van der Waals surface area contributed by atoms with Gasteiger partial charge in [0.15, 0.2) is 0 Å². The summed E-state index contributed by atoms with van der Waals surface area (Å²) in [5.41, 5.74) is 17.7. The standard InChI is InChI=1S/C54H38N2/c1-2-38-18-20-42(21-19-38)46-28-36-50(37-29-46)54-53(49-34-26-45(27-35-49)41-16-10-5-11-17-41)55-51(47-30-22-43(23-31-47)39-12-6-3-7-13-39)52(56-54)48-32-24-44(25-33-48)40-14-8-4-9-15-40/h2-37H,1H2. The van der Waals surface area contributed by atoms with Crippen LogP contribution < -0.4 is 0 Å². The minimum Gasteiger partial charge on any atom is -0.243 e. The Morgan fingerprint density at radius 3 is 0.661 bits per heavy atom. The molecule has 0 radical (unpaired) electrons. The molecule has 1 aromatic heterocycles. The Bertz CT molecular complexity index is 2720. The second-order valence-corrected chi connectivity index (χ2v) is 13.9. The zero-order valence-corrected chi connectivity index (χ0v) is 30.9. The van der Waals surface area contributed by atoms with E-state index in [9.17, 15) is 0 Å². The molecule has 9 rings (SSSR count). The van der Waals surface area contributed by atoms with Crippen molar-refractivity contribution in [1.82, 2.24) is 9.97 Å². The Morgan fingerprint density at radius 1 is 0.232 bits per heavy atom. The van der Waals surface area contributed by atoms with Crippen LogP contribution >= 0.6 is 0 Å². The van der Waals surface area contributed by atoms with Gasteiger partial charge in [-0.3, -0.25) is 0 Å². The summed E-state index contributed by atoms with van der Waals surface area (Å²) in [4.78, 5) is 11.2. The van der Waals surface area contributed by atoms with E-state index in [4.69, 9.17) is 9.97 Å². The van der Waals surface area contributed by atoms with Crippen molar-refractivity contribution in [3.05, 3.63) is 224 Å². The van der Waals surface area contributed by atoms with Gasteiger partial charge < -0.3 is 0 Å². The summed E-state index contributed by atoms with van der Waals surface area (Å²) in [5, 5.41) is 0. The van der Waals surface area contributed by atoms with Crippen molar-refractivity contribution in [1.29, 1.82) is 0 Å². The van der Waals surface area contributed by atoms with Crippen LogP contribution in [0.15, 0.2) is 219 Å². The van der Waals surface area contributed by atoms with Crippen molar-refractivity contribution in [2.75, 3.05) is 0 Å². The van der Waals surface area contributed by atoms with Crippen LogP contribution in [-0.4, -0.2) is 9.97 Å². The highest BCUT2D eigenvalue weighted by Gasteiger charge is 2.20. The molecule has 0 aliphatic carbocycles. The van der Waals surface area contributed by atoms with E-state index in [1.165, 1.54) is 16.7 Å². The van der Waals surface area contributed by atoms with E-state index in [0.29, 0.717) is 0 Å². The predicted octanol–water partition coefficient (Wildman–Crippen LogP) is 14.5. The van der Waals surface area contributed by atoms with Gasteiger partial charge in [-0.25, -0.2) is 9.97 Å². The normalized spacial score (nSPS) is 10.9. The Balaban J connectivity index is 1.22. The van der Waals surface area contributed by atoms with Gasteiger partial charge in [-0.1, -0.05) is 225 Å². The fraction of sp³-hybridized carbons (Fsp3) is 0. The highest BCUT2D eigenvalue weighted by Crippen LogP contribution is 2.39. The molecule has 0 aliphatic heterocycles. The van der Waals surface area contributed by atoms with E-state index >= 15 is 0 Å². The van der Waals surface area contributed by atoms with E-state index in [1.807, 2.05) is 24.3 Å². The van der Waals surface area contributed by atoms with E-state index in [-0.39, 0.29) is 0 Å². The van der Waals surface area contributed by atoms with Gasteiger partial charge in [0.2, 0.25) is 0 Å². The van der Waals surface area contributed by atoms with Crippen LogP contribution in [0.5, 0.6) is 0 Å². The van der Waals surface area contributed by atoms with Crippen molar-refractivity contribution < 1.29 is 0 Å². The van der Waals surface area contributed by atoms with Gasteiger partial charge in [0, 0.05) is 22.3 Å². The Kier molecular flexibility index (Phi) is 9.52. The lowest BCUT2D eigenvalue weighted by Crippen LogP contribution is -2.01. The molecule has 0 bridgehead atoms. The summed E-state index contributed by atoms with van der Waals surface area (Å²) in [5.74, 6) is 0. The van der Waals surface area contributed by atoms with Gasteiger partial charge in [0.05, 0.1) is 22.8 Å². The third-order valence-electron chi connectivity index (χ3n) is 10.3. The van der Waals surface area contributed by atoms with Crippen LogP contribution in [0.1, 0.15) is 5.56 Å². The summed E-state index contributed by atoms with van der Waals surface area (Å²) in [6.07, 6.45) is 1.87. The van der Waals surface area contributed by atoms with Gasteiger partial charge in [0.25, 0.3) is 0 Å². The fourth-order valence-corrected chi connectivity index (χ4v) is 7.23. The zero-order chi connectivity index (χ0) is 37.7. The molecule has 8 aromatic carbocycles. The van der Waals surface area contributed by atoms with Crippen molar-refractivity contribution >= 4 is 6.08 Å². The minimum atomic E-state index is 0.831. The van der Waals surface area contributed by atoms with E-state index < -0.39 is 0 Å². The molecule has 0 atom stereocenters. The number of aromatic nitrogens is 2. The first-order valence-electron chi connectivity index (χ1n) is 18.9. The third kappa shape index (κ3) is 7.12. The molecule has 0 aliphatic rings. The average molecular weight is 715 g/mol. The zero-order valence-electron chi connectivity index (χ0n) is 30.9. The fourth-order valence-electron chi connectivity index (χ4n) is 7.23. The van der Waals surface area contributed by atoms with Crippen LogP contribution in [0.2, 0.25) is 0 Å². The number of nitrogens with zero attached hydrogens (tertiary/aromatic N) is 2. The van der Waals surface area contributed by atoms with Gasteiger partial charge in [-0.15, -0.1) is 0 Å². The number of hydrogen-bond donors (Lipinski definition) is 0. The Morgan fingerprint density at radius 2 is 0.429 bits per heavy atom. The maximum Gasteiger partial charge on any atom is 0.0973 e. The molecule has 2 heteroatoms. The van der Waals surface area contributed by atoms with E-state index in [0.717, 1.165) is 78.4 Å². The van der Waals surface area contributed by atoms with Crippen LogP contribution in [-0.2, 0) is 0 Å². The van der Waals surface area contributed by atoms with Crippen molar-refractivity contribution in [2.45, 2.75) is 0 Å². The van der Waals surface area contributed by atoms with Gasteiger partial charge in [0.1, 0.15) is 0 Å². The Labute approximate surface area is 328 Å². The molecule has 0 fully saturated rings. The smallest absolute Gasteiger partial charge is 0.0973 e. The van der Waals surface area contributed by atoms with Crippen molar-refractivity contribution in [3.63, 3.8) is 0 Å². The maximum absolute atomic E-state index is 5.58. The second-order valence-electron chi connectivity index (χ2n) is 13.9. The lowest BCUT2D eigenvalue weighted by molar-refractivity contribution is 1.21. The number of rotatable bonds is 9. The molecule has 0 unspecified atom stereocenters. The molecule has 0 amide bonds. The topological polar surface area (TPSA) is 25.8 Å². The molecular weight excluding hydrogens is 677 g/mol. The second kappa shape index (κ2) is 15.5. The van der Waals surface area contributed by atoms with E-state index in [2.05, 4.69) is 201 Å². The van der Waals surface area contributed by atoms with Crippen molar-refractivity contribution in [3.8, 4) is 89.5 Å². The number of hydrogen-bond acceptors (Lipinski definition) is 2. The quantitative estimate of drug-likeness (QED) is 0.149. The van der Waals surface area contributed by atoms with Gasteiger partial charge in [-0.2, -0.15) is 0 Å². The molecule has 264 valence electrons. The number of benzene rings is 8. The molecule has 0 spiro atoms. The molecule has 9 aromatic rings.